The molecule has 1 aliphatic rings. The molecule has 2 aromatic carbocycles. The number of rotatable bonds is 3. The molecule has 24 heavy (non-hydrogen) atoms. The monoisotopic (exact) mass is 319 g/mol. The van der Waals surface area contributed by atoms with Crippen molar-refractivity contribution in [2.45, 2.75) is 0 Å². The van der Waals surface area contributed by atoms with Gasteiger partial charge in [-0.25, -0.2) is 9.80 Å². The van der Waals surface area contributed by atoms with E-state index in [0.717, 1.165) is 27.1 Å². The number of amides is 3. The van der Waals surface area contributed by atoms with Gasteiger partial charge in [-0.3, -0.25) is 10.1 Å². The fraction of sp³-hybridized carbons (Fsp3) is 0.0556. The van der Waals surface area contributed by atoms with E-state index >= 15 is 0 Å². The van der Waals surface area contributed by atoms with Crippen molar-refractivity contribution in [2.75, 3.05) is 6.54 Å². The quantitative estimate of drug-likeness (QED) is 0.595. The molecule has 1 aliphatic heterocycles. The second kappa shape index (κ2) is 5.66. The van der Waals surface area contributed by atoms with E-state index in [1.54, 1.807) is 6.07 Å². The summed E-state index contributed by atoms with van der Waals surface area (Å²) in [5.41, 5.74) is 0.988. The third-order valence-electron chi connectivity index (χ3n) is 3.78. The third kappa shape index (κ3) is 2.54. The van der Waals surface area contributed by atoms with E-state index in [4.69, 9.17) is 4.42 Å². The summed E-state index contributed by atoms with van der Waals surface area (Å²) in [6.07, 6.45) is 1.42. The van der Waals surface area contributed by atoms with Gasteiger partial charge in [0.2, 0.25) is 5.91 Å². The van der Waals surface area contributed by atoms with Crippen LogP contribution < -0.4 is 5.32 Å². The molecule has 118 valence electrons. The Morgan fingerprint density at radius 3 is 2.71 bits per heavy atom. The van der Waals surface area contributed by atoms with Gasteiger partial charge in [0.15, 0.2) is 0 Å². The minimum absolute atomic E-state index is 0.0772. The van der Waals surface area contributed by atoms with E-state index in [9.17, 15) is 9.59 Å². The fourth-order valence-corrected chi connectivity index (χ4v) is 2.66. The average molecular weight is 319 g/mol. The summed E-state index contributed by atoms with van der Waals surface area (Å²) in [5.74, 6) is 0.855. The maximum atomic E-state index is 11.4. The highest BCUT2D eigenvalue weighted by Crippen LogP contribution is 2.29. The molecule has 6 nitrogen and oxygen atoms in total. The molecule has 4 rings (SSSR count). The Kier molecular flexibility index (Phi) is 3.35. The van der Waals surface area contributed by atoms with E-state index < -0.39 is 6.03 Å². The standard InChI is InChI=1S/C18H13N3O3/c22-17-11-21(18(23)20-17)19-10-13-8-9-16(24-13)15-7-3-5-12-4-1-2-6-14(12)15/h1-10H,11H2,(H,20,22,23). The van der Waals surface area contributed by atoms with Gasteiger partial charge in [-0.15, -0.1) is 0 Å². The molecule has 2 heterocycles. The van der Waals surface area contributed by atoms with Gasteiger partial charge in [-0.05, 0) is 22.9 Å². The van der Waals surface area contributed by atoms with Crippen LogP contribution in [0.25, 0.3) is 22.1 Å². The van der Waals surface area contributed by atoms with Crippen LogP contribution in [0.1, 0.15) is 5.76 Å². The van der Waals surface area contributed by atoms with Gasteiger partial charge in [0, 0.05) is 5.56 Å². The van der Waals surface area contributed by atoms with Gasteiger partial charge >= 0.3 is 6.03 Å². The number of furan rings is 1. The first-order valence-electron chi connectivity index (χ1n) is 7.44. The zero-order chi connectivity index (χ0) is 16.5. The van der Waals surface area contributed by atoms with Crippen molar-refractivity contribution in [3.05, 3.63) is 60.4 Å². The van der Waals surface area contributed by atoms with Crippen LogP contribution in [0.15, 0.2) is 64.1 Å². The van der Waals surface area contributed by atoms with E-state index in [-0.39, 0.29) is 12.5 Å². The molecule has 0 aliphatic carbocycles. The van der Waals surface area contributed by atoms with Gasteiger partial charge in [-0.1, -0.05) is 42.5 Å². The topological polar surface area (TPSA) is 74.9 Å². The normalized spacial score (nSPS) is 14.8. The second-order valence-electron chi connectivity index (χ2n) is 5.38. The number of hydrazone groups is 1. The first-order valence-corrected chi connectivity index (χ1v) is 7.44. The van der Waals surface area contributed by atoms with Crippen molar-refractivity contribution in [2.24, 2.45) is 5.10 Å². The molecule has 0 atom stereocenters. The minimum Gasteiger partial charge on any atom is -0.455 e. The summed E-state index contributed by atoms with van der Waals surface area (Å²) >= 11 is 0. The Morgan fingerprint density at radius 2 is 1.88 bits per heavy atom. The Labute approximate surface area is 137 Å². The van der Waals surface area contributed by atoms with Crippen LogP contribution in [-0.4, -0.2) is 29.7 Å². The summed E-state index contributed by atoms with van der Waals surface area (Å²) in [4.78, 5) is 22.5. The summed E-state index contributed by atoms with van der Waals surface area (Å²) in [5, 5.41) is 9.42. The van der Waals surface area contributed by atoms with Crippen LogP contribution in [0.2, 0.25) is 0 Å². The maximum absolute atomic E-state index is 11.4. The van der Waals surface area contributed by atoms with Crippen LogP contribution in [-0.2, 0) is 4.79 Å². The van der Waals surface area contributed by atoms with Crippen molar-refractivity contribution in [1.29, 1.82) is 0 Å². The number of carbonyl (C=O) groups is 2. The van der Waals surface area contributed by atoms with Crippen molar-refractivity contribution >= 4 is 28.9 Å². The lowest BCUT2D eigenvalue weighted by molar-refractivity contribution is -0.118. The smallest absolute Gasteiger partial charge is 0.344 e. The van der Waals surface area contributed by atoms with Crippen molar-refractivity contribution in [3.8, 4) is 11.3 Å². The highest BCUT2D eigenvalue weighted by Gasteiger charge is 2.26. The number of carbonyl (C=O) groups excluding carboxylic acids is 2. The number of imide groups is 1. The minimum atomic E-state index is -0.530. The zero-order valence-corrected chi connectivity index (χ0v) is 12.6. The summed E-state index contributed by atoms with van der Waals surface area (Å²) in [6.45, 7) is -0.0772. The van der Waals surface area contributed by atoms with Gasteiger partial charge < -0.3 is 4.42 Å². The van der Waals surface area contributed by atoms with Gasteiger partial charge in [0.25, 0.3) is 0 Å². The SMILES string of the molecule is O=C1CN(N=Cc2ccc(-c3cccc4ccccc34)o2)C(=O)N1. The molecular formula is C18H13N3O3. The highest BCUT2D eigenvalue weighted by molar-refractivity contribution is 6.02. The fourth-order valence-electron chi connectivity index (χ4n) is 2.66. The number of fused-ring (bicyclic) bond motifs is 1. The Morgan fingerprint density at radius 1 is 1.04 bits per heavy atom. The van der Waals surface area contributed by atoms with Crippen molar-refractivity contribution < 1.29 is 14.0 Å². The predicted molar refractivity (Wildman–Crippen MR) is 89.5 cm³/mol. The van der Waals surface area contributed by atoms with Crippen LogP contribution in [0.4, 0.5) is 4.79 Å². The first-order chi connectivity index (χ1) is 11.7. The molecule has 3 aromatic rings. The number of nitrogens with zero attached hydrogens (tertiary/aromatic N) is 2. The van der Waals surface area contributed by atoms with Gasteiger partial charge in [0.05, 0.1) is 6.21 Å². The summed E-state index contributed by atoms with van der Waals surface area (Å²) in [7, 11) is 0. The molecule has 0 spiro atoms. The number of benzene rings is 2. The molecule has 0 radical (unpaired) electrons. The highest BCUT2D eigenvalue weighted by atomic mass is 16.3. The van der Waals surface area contributed by atoms with Crippen molar-refractivity contribution in [3.63, 3.8) is 0 Å². The van der Waals surface area contributed by atoms with Crippen LogP contribution in [0, 0.1) is 0 Å². The van der Waals surface area contributed by atoms with Gasteiger partial charge in [0.1, 0.15) is 18.1 Å². The number of nitrogens with one attached hydrogen (secondary N) is 1. The molecule has 0 unspecified atom stereocenters. The Hall–Kier alpha value is -3.41. The first kappa shape index (κ1) is 14.2. The van der Waals surface area contributed by atoms with Crippen molar-refractivity contribution in [1.82, 2.24) is 10.3 Å². The molecular weight excluding hydrogens is 306 g/mol. The van der Waals surface area contributed by atoms with Crippen LogP contribution in [0.3, 0.4) is 0 Å². The molecule has 1 saturated heterocycles. The van der Waals surface area contributed by atoms with Crippen LogP contribution in [0.5, 0.6) is 0 Å². The average Bonchev–Trinajstić information content (AvgIpc) is 3.18. The summed E-state index contributed by atoms with van der Waals surface area (Å²) in [6, 6.07) is 17.2. The lowest BCUT2D eigenvalue weighted by Crippen LogP contribution is -2.24. The molecule has 0 bridgehead atoms. The van der Waals surface area contributed by atoms with E-state index in [1.165, 1.54) is 6.21 Å². The Bertz CT molecular complexity index is 969. The number of hydrogen-bond acceptors (Lipinski definition) is 4. The molecule has 0 saturated carbocycles. The summed E-state index contributed by atoms with van der Waals surface area (Å²) < 4.78 is 5.81. The number of urea groups is 1. The van der Waals surface area contributed by atoms with Crippen LogP contribution >= 0.6 is 0 Å². The van der Waals surface area contributed by atoms with E-state index in [2.05, 4.69) is 10.4 Å². The molecule has 1 fully saturated rings. The molecule has 1 N–H and O–H groups in total. The Balaban J connectivity index is 1.63. The van der Waals surface area contributed by atoms with E-state index in [0.29, 0.717) is 5.76 Å². The lowest BCUT2D eigenvalue weighted by Gasteiger charge is -2.04. The predicted octanol–water partition coefficient (Wildman–Crippen LogP) is 2.99. The third-order valence-corrected chi connectivity index (χ3v) is 3.78. The lowest BCUT2D eigenvalue weighted by atomic mass is 10.0. The maximum Gasteiger partial charge on any atom is 0.344 e. The molecule has 6 heteroatoms. The van der Waals surface area contributed by atoms with E-state index in [1.807, 2.05) is 48.5 Å². The zero-order valence-electron chi connectivity index (χ0n) is 12.6. The molecule has 3 amide bonds. The second-order valence-corrected chi connectivity index (χ2v) is 5.38. The van der Waals surface area contributed by atoms with Gasteiger partial charge in [-0.2, -0.15) is 5.10 Å². The molecule has 1 aromatic heterocycles. The largest absolute Gasteiger partial charge is 0.455 e. The number of hydrogen-bond donors (Lipinski definition) is 1.